The first-order valence-corrected chi connectivity index (χ1v) is 11.3. The molecule has 0 fully saturated rings. The fourth-order valence-corrected chi connectivity index (χ4v) is 3.34. The molecule has 4 amide bonds. The third-order valence-corrected chi connectivity index (χ3v) is 4.92. The average molecular weight is 476 g/mol. The highest BCUT2D eigenvalue weighted by Gasteiger charge is 2.29. The number of carbonyl (C=O) groups excluding carboxylic acids is 4. The molecular formula is C23H37N7O4. The highest BCUT2D eigenvalue weighted by Crippen LogP contribution is 2.08. The monoisotopic (exact) mass is 475 g/mol. The smallest absolute Gasteiger partial charge is 0.243 e. The topological polar surface area (TPSA) is 195 Å². The molecule has 0 bridgehead atoms. The predicted octanol–water partition coefficient (Wildman–Crippen LogP) is -0.712. The van der Waals surface area contributed by atoms with Crippen molar-refractivity contribution in [2.75, 3.05) is 6.54 Å². The number of amides is 4. The maximum absolute atomic E-state index is 13.1. The van der Waals surface area contributed by atoms with Gasteiger partial charge in [-0.05, 0) is 30.7 Å². The molecule has 0 aromatic heterocycles. The van der Waals surface area contributed by atoms with Crippen LogP contribution in [0.3, 0.4) is 0 Å². The van der Waals surface area contributed by atoms with Gasteiger partial charge in [0.2, 0.25) is 23.6 Å². The molecule has 0 radical (unpaired) electrons. The molecule has 1 aromatic rings. The van der Waals surface area contributed by atoms with Crippen molar-refractivity contribution in [3.63, 3.8) is 0 Å². The van der Waals surface area contributed by atoms with Gasteiger partial charge >= 0.3 is 0 Å². The Labute approximate surface area is 200 Å². The summed E-state index contributed by atoms with van der Waals surface area (Å²) in [6.45, 7) is 5.42. The van der Waals surface area contributed by atoms with Crippen LogP contribution in [0.25, 0.3) is 0 Å². The Balaban J connectivity index is 2.99. The summed E-state index contributed by atoms with van der Waals surface area (Å²) in [7, 11) is 0. The standard InChI is InChI=1S/C23H37N7O4/c1-14(2)12-19(28-15(3)31)22(34)29-17(10-7-11-27-23(25)26)21(33)30-18(20(24)32)13-16-8-5-4-6-9-16/h4-6,8-9,14,17-19H,7,10-13H2,1-3H3,(H2,24,32)(H,28,31)(H,29,34)(H,30,33)(H4,25,26,27). The second kappa shape index (κ2) is 14.5. The summed E-state index contributed by atoms with van der Waals surface area (Å²) < 4.78 is 0. The number of nitrogens with two attached hydrogens (primary N) is 3. The Kier molecular flexibility index (Phi) is 12.1. The normalized spacial score (nSPS) is 13.3. The van der Waals surface area contributed by atoms with Crippen molar-refractivity contribution < 1.29 is 19.2 Å². The van der Waals surface area contributed by atoms with Gasteiger partial charge in [0.1, 0.15) is 18.1 Å². The lowest BCUT2D eigenvalue weighted by Crippen LogP contribution is -2.56. The van der Waals surface area contributed by atoms with E-state index >= 15 is 0 Å². The molecule has 0 aliphatic carbocycles. The minimum atomic E-state index is -0.984. The van der Waals surface area contributed by atoms with Gasteiger partial charge in [-0.25, -0.2) is 0 Å². The maximum atomic E-state index is 13.1. The number of primary amides is 1. The molecule has 1 aromatic carbocycles. The number of carbonyl (C=O) groups is 4. The summed E-state index contributed by atoms with van der Waals surface area (Å²) in [4.78, 5) is 53.4. The second-order valence-corrected chi connectivity index (χ2v) is 8.55. The summed E-state index contributed by atoms with van der Waals surface area (Å²) >= 11 is 0. The molecule has 3 unspecified atom stereocenters. The van der Waals surface area contributed by atoms with E-state index in [1.165, 1.54) is 6.92 Å². The number of nitrogens with zero attached hydrogens (tertiary/aromatic N) is 1. The molecule has 1 rings (SSSR count). The van der Waals surface area contributed by atoms with Gasteiger partial charge in [0.25, 0.3) is 0 Å². The van der Waals surface area contributed by atoms with Crippen molar-refractivity contribution in [1.82, 2.24) is 16.0 Å². The number of hydrogen-bond acceptors (Lipinski definition) is 5. The molecule has 34 heavy (non-hydrogen) atoms. The molecular weight excluding hydrogens is 438 g/mol. The quantitative estimate of drug-likeness (QED) is 0.117. The van der Waals surface area contributed by atoms with Crippen LogP contribution in [-0.4, -0.2) is 54.3 Å². The fraction of sp³-hybridized carbons (Fsp3) is 0.522. The lowest BCUT2D eigenvalue weighted by Gasteiger charge is -2.25. The van der Waals surface area contributed by atoms with Gasteiger partial charge < -0.3 is 33.2 Å². The number of benzene rings is 1. The van der Waals surface area contributed by atoms with E-state index < -0.39 is 35.8 Å². The van der Waals surface area contributed by atoms with E-state index in [1.807, 2.05) is 44.2 Å². The summed E-state index contributed by atoms with van der Waals surface area (Å²) in [6.07, 6.45) is 1.20. The first-order chi connectivity index (χ1) is 16.0. The van der Waals surface area contributed by atoms with Crippen molar-refractivity contribution >= 4 is 29.6 Å². The molecule has 0 aliphatic heterocycles. The Morgan fingerprint density at radius 1 is 0.882 bits per heavy atom. The van der Waals surface area contributed by atoms with Crippen molar-refractivity contribution in [2.45, 2.75) is 64.6 Å². The van der Waals surface area contributed by atoms with Gasteiger partial charge in [-0.15, -0.1) is 0 Å². The van der Waals surface area contributed by atoms with Crippen LogP contribution in [0.4, 0.5) is 0 Å². The molecule has 0 aliphatic rings. The predicted molar refractivity (Wildman–Crippen MR) is 130 cm³/mol. The Morgan fingerprint density at radius 3 is 2.00 bits per heavy atom. The Hall–Kier alpha value is -3.63. The van der Waals surface area contributed by atoms with E-state index in [-0.39, 0.29) is 37.2 Å². The number of aliphatic imine (C=N–C) groups is 1. The molecule has 188 valence electrons. The summed E-state index contributed by atoms with van der Waals surface area (Å²) in [5, 5.41) is 7.95. The van der Waals surface area contributed by atoms with Crippen LogP contribution in [0, 0.1) is 5.92 Å². The zero-order chi connectivity index (χ0) is 25.7. The number of rotatable bonds is 14. The zero-order valence-corrected chi connectivity index (χ0v) is 20.0. The number of guanidine groups is 1. The van der Waals surface area contributed by atoms with Gasteiger partial charge in [-0.2, -0.15) is 0 Å². The van der Waals surface area contributed by atoms with Crippen molar-refractivity contribution in [1.29, 1.82) is 0 Å². The third-order valence-electron chi connectivity index (χ3n) is 4.92. The molecule has 0 heterocycles. The Bertz CT molecular complexity index is 854. The van der Waals surface area contributed by atoms with E-state index in [1.54, 1.807) is 0 Å². The van der Waals surface area contributed by atoms with Crippen LogP contribution in [0.5, 0.6) is 0 Å². The summed E-state index contributed by atoms with van der Waals surface area (Å²) in [5.74, 6) is -2.07. The second-order valence-electron chi connectivity index (χ2n) is 8.55. The molecule has 11 nitrogen and oxygen atoms in total. The third kappa shape index (κ3) is 11.3. The molecule has 0 saturated carbocycles. The summed E-state index contributed by atoms with van der Waals surface area (Å²) in [6, 6.07) is 6.36. The largest absolute Gasteiger partial charge is 0.370 e. The van der Waals surface area contributed by atoms with Gasteiger partial charge in [0, 0.05) is 19.9 Å². The van der Waals surface area contributed by atoms with Crippen LogP contribution in [-0.2, 0) is 25.6 Å². The highest BCUT2D eigenvalue weighted by molar-refractivity contribution is 5.93. The van der Waals surface area contributed by atoms with Crippen molar-refractivity contribution in [3.8, 4) is 0 Å². The van der Waals surface area contributed by atoms with Gasteiger partial charge in [-0.3, -0.25) is 24.2 Å². The molecule has 11 heteroatoms. The fourth-order valence-electron chi connectivity index (χ4n) is 3.34. The molecule has 0 spiro atoms. The SMILES string of the molecule is CC(=O)NC(CC(C)C)C(=O)NC(CCCN=C(N)N)C(=O)NC(Cc1ccccc1)C(N)=O. The minimum absolute atomic E-state index is 0.0793. The average Bonchev–Trinajstić information content (AvgIpc) is 2.74. The van der Waals surface area contributed by atoms with Crippen LogP contribution in [0.1, 0.15) is 45.6 Å². The van der Waals surface area contributed by atoms with Crippen LogP contribution < -0.4 is 33.2 Å². The zero-order valence-electron chi connectivity index (χ0n) is 20.0. The van der Waals surface area contributed by atoms with Crippen LogP contribution >= 0.6 is 0 Å². The lowest BCUT2D eigenvalue weighted by atomic mass is 10.0. The molecule has 3 atom stereocenters. The van der Waals surface area contributed by atoms with Crippen LogP contribution in [0.2, 0.25) is 0 Å². The van der Waals surface area contributed by atoms with E-state index in [0.29, 0.717) is 12.8 Å². The van der Waals surface area contributed by atoms with Crippen molar-refractivity contribution in [2.24, 2.45) is 28.1 Å². The van der Waals surface area contributed by atoms with E-state index in [9.17, 15) is 19.2 Å². The van der Waals surface area contributed by atoms with Gasteiger partial charge in [0.05, 0.1) is 0 Å². The highest BCUT2D eigenvalue weighted by atomic mass is 16.2. The van der Waals surface area contributed by atoms with E-state index in [4.69, 9.17) is 17.2 Å². The lowest BCUT2D eigenvalue weighted by molar-refractivity contribution is -0.133. The molecule has 0 saturated heterocycles. The number of nitrogens with one attached hydrogen (secondary N) is 3. The maximum Gasteiger partial charge on any atom is 0.243 e. The van der Waals surface area contributed by atoms with Crippen molar-refractivity contribution in [3.05, 3.63) is 35.9 Å². The Morgan fingerprint density at radius 2 is 1.47 bits per heavy atom. The summed E-state index contributed by atoms with van der Waals surface area (Å²) in [5.41, 5.74) is 17.0. The first kappa shape index (κ1) is 28.4. The first-order valence-electron chi connectivity index (χ1n) is 11.3. The van der Waals surface area contributed by atoms with E-state index in [0.717, 1.165) is 5.56 Å². The molecule has 9 N–H and O–H groups in total. The van der Waals surface area contributed by atoms with Crippen LogP contribution in [0.15, 0.2) is 35.3 Å². The van der Waals surface area contributed by atoms with Gasteiger partial charge in [0.15, 0.2) is 5.96 Å². The number of hydrogen-bond donors (Lipinski definition) is 6. The minimum Gasteiger partial charge on any atom is -0.370 e. The van der Waals surface area contributed by atoms with Gasteiger partial charge in [-0.1, -0.05) is 44.2 Å². The van der Waals surface area contributed by atoms with E-state index in [2.05, 4.69) is 20.9 Å².